The Hall–Kier alpha value is 0.0225. The summed E-state index contributed by atoms with van der Waals surface area (Å²) in [5.74, 6) is -0.0663. The third kappa shape index (κ3) is 1.22. The van der Waals surface area contributed by atoms with Crippen molar-refractivity contribution in [2.24, 2.45) is 0 Å². The molecule has 0 radical (unpaired) electrons. The van der Waals surface area contributed by atoms with Crippen molar-refractivity contribution in [3.63, 3.8) is 0 Å². The Morgan fingerprint density at radius 1 is 1.70 bits per heavy atom. The van der Waals surface area contributed by atoms with E-state index in [2.05, 4.69) is 0 Å². The van der Waals surface area contributed by atoms with Gasteiger partial charge in [-0.25, -0.2) is 0 Å². The van der Waals surface area contributed by atoms with Crippen LogP contribution in [0.15, 0.2) is 0 Å². The van der Waals surface area contributed by atoms with Gasteiger partial charge in [-0.2, -0.15) is 0 Å². The van der Waals surface area contributed by atoms with Crippen LogP contribution in [-0.4, -0.2) is 44.2 Å². The molecule has 1 heterocycles. The highest BCUT2D eigenvalue weighted by Gasteiger charge is 2.34. The van der Waals surface area contributed by atoms with Crippen LogP contribution in [0.1, 0.15) is 6.42 Å². The van der Waals surface area contributed by atoms with E-state index in [1.165, 1.54) is 4.90 Å². The predicted octanol–water partition coefficient (Wildman–Crippen LogP) is -0.975. The Labute approximate surface area is 70.6 Å². The van der Waals surface area contributed by atoms with Gasteiger partial charge in [-0.3, -0.25) is 24.6 Å². The topological polar surface area (TPSA) is 37.4 Å². The molecule has 1 saturated heterocycles. The van der Waals surface area contributed by atoms with E-state index in [1.807, 2.05) is 0 Å². The number of rotatable bonds is 1. The molecule has 0 aromatic rings. The van der Waals surface area contributed by atoms with Crippen LogP contribution in [0.4, 0.5) is 0 Å². The van der Waals surface area contributed by atoms with Gasteiger partial charge in [-0.05, 0) is 0 Å². The molecular formula is C5H8AlNO2S. The van der Waals surface area contributed by atoms with E-state index < -0.39 is 0 Å². The number of amides is 2. The number of carbonyl (C=O) groups excluding carboxylic acids is 2. The van der Waals surface area contributed by atoms with Crippen molar-refractivity contribution in [1.29, 1.82) is 0 Å². The molecule has 0 aromatic heterocycles. The van der Waals surface area contributed by atoms with Crippen LogP contribution in [0.25, 0.3) is 0 Å². The maximum absolute atomic E-state index is 11.1. The Bertz CT molecular complexity index is 184. The normalized spacial score (nSPS) is 26.1. The van der Waals surface area contributed by atoms with Gasteiger partial charge in [0.2, 0.25) is 11.8 Å². The Morgan fingerprint density at radius 3 is 2.50 bits per heavy atom. The van der Waals surface area contributed by atoms with Crippen LogP contribution in [-0.2, 0) is 9.59 Å². The molecule has 1 aliphatic rings. The molecule has 3 nitrogen and oxygen atoms in total. The SMILES string of the molecule is CN1C(=O)CC([S][AlH2])C1=O. The highest BCUT2D eigenvalue weighted by atomic mass is 32.3. The van der Waals surface area contributed by atoms with Crippen LogP contribution < -0.4 is 0 Å². The molecule has 0 spiro atoms. The standard InChI is InChI=1S/C5H7NO2S.Al.2H/c1-6-4(7)2-3(9)5(6)8;;;/h3,9H,2H2,1H3;;;/q;+1;;/p-1. The number of imide groups is 1. The minimum atomic E-state index is -0.0656. The highest BCUT2D eigenvalue weighted by Crippen LogP contribution is 2.20. The van der Waals surface area contributed by atoms with Gasteiger partial charge in [0.15, 0.2) is 0 Å². The van der Waals surface area contributed by atoms with Crippen molar-refractivity contribution in [2.45, 2.75) is 11.7 Å². The van der Waals surface area contributed by atoms with Crippen LogP contribution in [0.3, 0.4) is 0 Å². The average molecular weight is 173 g/mol. The minimum Gasteiger partial charge on any atom is -0.285 e. The Balaban J connectivity index is 2.71. The Kier molecular flexibility index (Phi) is 2.40. The summed E-state index contributed by atoms with van der Waals surface area (Å²) in [6.45, 7) is 0. The van der Waals surface area contributed by atoms with E-state index in [9.17, 15) is 9.59 Å². The van der Waals surface area contributed by atoms with E-state index in [0.29, 0.717) is 6.42 Å². The lowest BCUT2D eigenvalue weighted by Gasteiger charge is -2.05. The molecule has 1 unspecified atom stereocenters. The highest BCUT2D eigenvalue weighted by molar-refractivity contribution is 8.20. The molecule has 0 N–H and O–H groups in total. The molecule has 0 bridgehead atoms. The molecule has 1 atom stereocenters. The summed E-state index contributed by atoms with van der Waals surface area (Å²) in [5.41, 5.74) is 0. The molecule has 0 saturated carbocycles. The van der Waals surface area contributed by atoms with Gasteiger partial charge < -0.3 is 0 Å². The smallest absolute Gasteiger partial charge is 0.285 e. The number of likely N-dealkylation sites (tertiary alicyclic amines) is 1. The molecule has 0 aromatic carbocycles. The van der Waals surface area contributed by atoms with Gasteiger partial charge in [-0.15, -0.1) is 0 Å². The van der Waals surface area contributed by atoms with Crippen molar-refractivity contribution in [3.05, 3.63) is 0 Å². The van der Waals surface area contributed by atoms with Crippen LogP contribution in [0, 0.1) is 0 Å². The first-order chi connectivity index (χ1) is 4.66. The van der Waals surface area contributed by atoms with Crippen LogP contribution >= 0.6 is 10.1 Å². The van der Waals surface area contributed by atoms with E-state index >= 15 is 0 Å². The quantitative estimate of drug-likeness (QED) is 0.378. The zero-order valence-electron chi connectivity index (χ0n) is 5.96. The minimum absolute atomic E-state index is 0.0231. The molecule has 54 valence electrons. The summed E-state index contributed by atoms with van der Waals surface area (Å²) in [6, 6.07) is 0. The first-order valence-electron chi connectivity index (χ1n) is 3.00. The maximum Gasteiger partial charge on any atom is 0.304 e. The number of carbonyl (C=O) groups is 2. The van der Waals surface area contributed by atoms with Gasteiger partial charge in [0.25, 0.3) is 0 Å². The first-order valence-corrected chi connectivity index (χ1v) is 6.73. The summed E-state index contributed by atoms with van der Waals surface area (Å²) in [4.78, 5) is 23.1. The average Bonchev–Trinajstić information content (AvgIpc) is 2.17. The molecule has 1 rings (SSSR count). The van der Waals surface area contributed by atoms with Crippen LogP contribution in [0.5, 0.6) is 0 Å². The van der Waals surface area contributed by atoms with Crippen molar-refractivity contribution in [1.82, 2.24) is 4.90 Å². The van der Waals surface area contributed by atoms with E-state index in [0.717, 1.165) is 15.2 Å². The first kappa shape index (κ1) is 8.12. The second-order valence-corrected chi connectivity index (χ2v) is 4.67. The lowest BCUT2D eigenvalue weighted by molar-refractivity contribution is -0.136. The molecule has 0 aliphatic carbocycles. The lowest BCUT2D eigenvalue weighted by Crippen LogP contribution is -2.26. The van der Waals surface area contributed by atoms with E-state index in [1.54, 1.807) is 17.2 Å². The fourth-order valence-corrected chi connectivity index (χ4v) is 2.68. The molecule has 5 heteroatoms. The maximum atomic E-state index is 11.1. The van der Waals surface area contributed by atoms with Crippen LogP contribution in [0.2, 0.25) is 0 Å². The number of hydrogen-bond acceptors (Lipinski definition) is 3. The fraction of sp³-hybridized carbons (Fsp3) is 0.600. The molecule has 10 heavy (non-hydrogen) atoms. The Morgan fingerprint density at radius 2 is 2.30 bits per heavy atom. The summed E-state index contributed by atoms with van der Waals surface area (Å²) >= 11 is 0.919. The largest absolute Gasteiger partial charge is 0.304 e. The van der Waals surface area contributed by atoms with Crippen molar-refractivity contribution >= 4 is 37.1 Å². The lowest BCUT2D eigenvalue weighted by atomic mass is 10.4. The van der Waals surface area contributed by atoms with Crippen molar-refractivity contribution < 1.29 is 9.59 Å². The zero-order chi connectivity index (χ0) is 7.72. The molecule has 1 fully saturated rings. The van der Waals surface area contributed by atoms with Gasteiger partial charge in [0.1, 0.15) is 0 Å². The second kappa shape index (κ2) is 2.95. The number of nitrogens with zero attached hydrogens (tertiary/aromatic N) is 1. The van der Waals surface area contributed by atoms with Gasteiger partial charge >= 0.3 is 15.2 Å². The third-order valence-corrected chi connectivity index (χ3v) is 4.27. The monoisotopic (exact) mass is 173 g/mol. The van der Waals surface area contributed by atoms with Crippen molar-refractivity contribution in [2.75, 3.05) is 7.05 Å². The molecule has 2 amide bonds. The van der Waals surface area contributed by atoms with Crippen molar-refractivity contribution in [3.8, 4) is 0 Å². The summed E-state index contributed by atoms with van der Waals surface area (Å²) < 4.78 is 0. The third-order valence-electron chi connectivity index (χ3n) is 1.62. The number of hydrogen-bond donors (Lipinski definition) is 0. The summed E-state index contributed by atoms with van der Waals surface area (Å²) in [7, 11) is 3.12. The van der Waals surface area contributed by atoms with Gasteiger partial charge in [-0.1, -0.05) is 0 Å². The van der Waals surface area contributed by atoms with Gasteiger partial charge in [0, 0.05) is 13.5 Å². The van der Waals surface area contributed by atoms with E-state index in [-0.39, 0.29) is 17.1 Å². The van der Waals surface area contributed by atoms with Gasteiger partial charge in [0.05, 0.1) is 5.25 Å². The predicted molar refractivity (Wildman–Crippen MR) is 42.3 cm³/mol. The second-order valence-electron chi connectivity index (χ2n) is 2.22. The zero-order valence-corrected chi connectivity index (χ0v) is 8.77. The molecular weight excluding hydrogens is 165 g/mol. The molecule has 1 aliphatic heterocycles. The van der Waals surface area contributed by atoms with E-state index in [4.69, 9.17) is 0 Å². The summed E-state index contributed by atoms with van der Waals surface area (Å²) in [6.07, 6.45) is 0.406. The summed E-state index contributed by atoms with van der Waals surface area (Å²) in [5, 5.41) is -0.0656. The fourth-order valence-electron chi connectivity index (χ4n) is 0.906.